The Bertz CT molecular complexity index is 659. The average molecular weight is 362 g/mol. The maximum atomic E-state index is 12.7. The highest BCUT2D eigenvalue weighted by molar-refractivity contribution is 5.74. The van der Waals surface area contributed by atoms with Crippen LogP contribution in [0, 0.1) is 0 Å². The molecular weight excluding hydrogens is 332 g/mol. The number of fused-ring (bicyclic) bond motifs is 1. The normalized spacial score (nSPS) is 17.1. The zero-order chi connectivity index (χ0) is 19.5. The van der Waals surface area contributed by atoms with Crippen molar-refractivity contribution < 1.29 is 19.1 Å². The molecule has 0 heterocycles. The third-order valence-electron chi connectivity index (χ3n) is 3.89. The zero-order valence-electron chi connectivity index (χ0n) is 16.6. The highest BCUT2D eigenvalue weighted by atomic mass is 16.6. The van der Waals surface area contributed by atoms with Gasteiger partial charge in [0.2, 0.25) is 0 Å². The van der Waals surface area contributed by atoms with E-state index >= 15 is 0 Å². The molecule has 144 valence electrons. The summed E-state index contributed by atoms with van der Waals surface area (Å²) in [6, 6.07) is 7.98. The maximum absolute atomic E-state index is 12.7. The van der Waals surface area contributed by atoms with Gasteiger partial charge in [-0.1, -0.05) is 24.3 Å². The lowest BCUT2D eigenvalue weighted by molar-refractivity contribution is -0.0111. The summed E-state index contributed by atoms with van der Waals surface area (Å²) in [5, 5.41) is 1.29. The number of ether oxygens (including phenoxy) is 2. The first-order chi connectivity index (χ1) is 11.9. The van der Waals surface area contributed by atoms with Gasteiger partial charge in [-0.2, -0.15) is 0 Å². The number of hydrogen-bond donors (Lipinski definition) is 1. The molecule has 1 aromatic carbocycles. The fourth-order valence-electron chi connectivity index (χ4n) is 2.90. The van der Waals surface area contributed by atoms with E-state index in [1.54, 1.807) is 41.5 Å². The lowest BCUT2D eigenvalue weighted by atomic mass is 9.88. The van der Waals surface area contributed by atoms with E-state index in [1.807, 2.05) is 12.1 Å². The van der Waals surface area contributed by atoms with Gasteiger partial charge in [0.25, 0.3) is 0 Å². The van der Waals surface area contributed by atoms with Gasteiger partial charge in [0.1, 0.15) is 11.2 Å². The van der Waals surface area contributed by atoms with Crippen LogP contribution in [-0.4, -0.2) is 34.4 Å². The van der Waals surface area contributed by atoms with E-state index in [-0.39, 0.29) is 6.04 Å². The van der Waals surface area contributed by atoms with Crippen LogP contribution < -0.4 is 5.43 Å². The first-order valence-electron chi connectivity index (χ1n) is 9.03. The molecule has 0 bridgehead atoms. The van der Waals surface area contributed by atoms with Gasteiger partial charge in [0, 0.05) is 0 Å². The van der Waals surface area contributed by atoms with Crippen LogP contribution in [0.4, 0.5) is 9.59 Å². The largest absolute Gasteiger partial charge is 0.443 e. The molecule has 0 unspecified atom stereocenters. The Hall–Kier alpha value is -2.24. The van der Waals surface area contributed by atoms with Gasteiger partial charge < -0.3 is 9.47 Å². The molecule has 1 N–H and O–H groups in total. The van der Waals surface area contributed by atoms with Gasteiger partial charge in [-0.3, -0.25) is 0 Å². The number of benzene rings is 1. The predicted octanol–water partition coefficient (Wildman–Crippen LogP) is 4.22. The summed E-state index contributed by atoms with van der Waals surface area (Å²) in [7, 11) is 0. The number of hydrazine groups is 1. The summed E-state index contributed by atoms with van der Waals surface area (Å²) >= 11 is 0. The topological polar surface area (TPSA) is 67.9 Å². The summed E-state index contributed by atoms with van der Waals surface area (Å²) in [5.74, 6) is 0. The van der Waals surface area contributed by atoms with Gasteiger partial charge in [-0.15, -0.1) is 0 Å². The van der Waals surface area contributed by atoms with Gasteiger partial charge in [-0.25, -0.2) is 20.0 Å². The first kappa shape index (κ1) is 20.1. The number of hydrogen-bond acceptors (Lipinski definition) is 4. The van der Waals surface area contributed by atoms with E-state index in [0.717, 1.165) is 12.8 Å². The van der Waals surface area contributed by atoms with Gasteiger partial charge in [-0.05, 0) is 71.9 Å². The molecule has 26 heavy (non-hydrogen) atoms. The van der Waals surface area contributed by atoms with Crippen molar-refractivity contribution in [1.82, 2.24) is 10.4 Å². The van der Waals surface area contributed by atoms with Gasteiger partial charge in [0.15, 0.2) is 0 Å². The molecule has 1 atom stereocenters. The summed E-state index contributed by atoms with van der Waals surface area (Å²) in [4.78, 5) is 24.9. The number of carbonyl (C=O) groups excluding carboxylic acids is 2. The number of amides is 2. The van der Waals surface area contributed by atoms with Crippen molar-refractivity contribution >= 4 is 12.2 Å². The molecule has 0 saturated carbocycles. The molecular formula is C20H30N2O4. The summed E-state index contributed by atoms with van der Waals surface area (Å²) in [5.41, 5.74) is 3.76. The average Bonchev–Trinajstić information content (AvgIpc) is 2.48. The number of aryl methyl sites for hydroxylation is 1. The van der Waals surface area contributed by atoms with Gasteiger partial charge in [0.05, 0.1) is 6.04 Å². The Balaban J connectivity index is 2.18. The molecule has 6 nitrogen and oxygen atoms in total. The van der Waals surface area contributed by atoms with Crippen LogP contribution in [0.3, 0.4) is 0 Å². The molecule has 6 heteroatoms. The molecule has 0 spiro atoms. The van der Waals surface area contributed by atoms with Crippen molar-refractivity contribution in [3.8, 4) is 0 Å². The summed E-state index contributed by atoms with van der Waals surface area (Å²) < 4.78 is 10.8. The van der Waals surface area contributed by atoms with E-state index in [1.165, 1.54) is 16.1 Å². The van der Waals surface area contributed by atoms with Crippen LogP contribution in [0.2, 0.25) is 0 Å². The molecule has 0 fully saturated rings. The van der Waals surface area contributed by atoms with E-state index < -0.39 is 23.4 Å². The molecule has 1 aliphatic rings. The van der Waals surface area contributed by atoms with Crippen molar-refractivity contribution in [3.63, 3.8) is 0 Å². The highest BCUT2D eigenvalue weighted by Gasteiger charge is 2.33. The minimum atomic E-state index is -0.665. The maximum Gasteiger partial charge on any atom is 0.429 e. The summed E-state index contributed by atoms with van der Waals surface area (Å²) in [6.45, 7) is 10.7. The molecule has 0 aromatic heterocycles. The zero-order valence-corrected chi connectivity index (χ0v) is 16.6. The standard InChI is InChI=1S/C20H30N2O4/c1-19(2,3)25-17(23)21-22(18(24)26-20(4,5)6)16-12-11-14-9-7-8-10-15(14)13-16/h7-10,16H,11-13H2,1-6H3,(H,21,23)/t16-/m0/s1. The molecule has 1 aromatic rings. The first-order valence-corrected chi connectivity index (χ1v) is 9.03. The second kappa shape index (κ2) is 7.56. The minimum Gasteiger partial charge on any atom is -0.443 e. The van der Waals surface area contributed by atoms with Gasteiger partial charge >= 0.3 is 12.2 Å². The van der Waals surface area contributed by atoms with Crippen LogP contribution in [0.1, 0.15) is 59.1 Å². The molecule has 0 aliphatic heterocycles. The van der Waals surface area contributed by atoms with Crippen LogP contribution in [0.5, 0.6) is 0 Å². The molecule has 2 rings (SSSR count). The van der Waals surface area contributed by atoms with Crippen molar-refractivity contribution in [1.29, 1.82) is 0 Å². The van der Waals surface area contributed by atoms with Crippen LogP contribution in [0.15, 0.2) is 24.3 Å². The number of carbonyl (C=O) groups is 2. The lowest BCUT2D eigenvalue weighted by Gasteiger charge is -2.36. The second-order valence-corrected chi connectivity index (χ2v) is 8.63. The molecule has 2 amide bonds. The number of nitrogens with one attached hydrogen (secondary N) is 1. The Morgan fingerprint density at radius 1 is 1.00 bits per heavy atom. The fourth-order valence-corrected chi connectivity index (χ4v) is 2.90. The van der Waals surface area contributed by atoms with E-state index in [2.05, 4.69) is 17.6 Å². The quantitative estimate of drug-likeness (QED) is 0.760. The lowest BCUT2D eigenvalue weighted by Crippen LogP contribution is -2.55. The Kier molecular flexibility index (Phi) is 5.84. The Labute approximate surface area is 155 Å². The smallest absolute Gasteiger partial charge is 0.429 e. The SMILES string of the molecule is CC(C)(C)OC(=O)NN(C(=O)OC(C)(C)C)[C@H]1CCc2ccccc2C1. The van der Waals surface area contributed by atoms with Crippen LogP contribution in [-0.2, 0) is 22.3 Å². The third kappa shape index (κ3) is 5.93. The Morgan fingerprint density at radius 2 is 1.58 bits per heavy atom. The van der Waals surface area contributed by atoms with Crippen molar-refractivity contribution in [2.24, 2.45) is 0 Å². The molecule has 1 aliphatic carbocycles. The van der Waals surface area contributed by atoms with E-state index in [4.69, 9.17) is 9.47 Å². The molecule has 0 radical (unpaired) electrons. The van der Waals surface area contributed by atoms with Crippen molar-refractivity contribution in [2.45, 2.75) is 78.0 Å². The second-order valence-electron chi connectivity index (χ2n) is 8.63. The monoisotopic (exact) mass is 362 g/mol. The van der Waals surface area contributed by atoms with Crippen molar-refractivity contribution in [2.75, 3.05) is 0 Å². The molecule has 0 saturated heterocycles. The number of nitrogens with zero attached hydrogens (tertiary/aromatic N) is 1. The Morgan fingerprint density at radius 3 is 2.15 bits per heavy atom. The fraction of sp³-hybridized carbons (Fsp3) is 0.600. The van der Waals surface area contributed by atoms with Crippen molar-refractivity contribution in [3.05, 3.63) is 35.4 Å². The summed E-state index contributed by atoms with van der Waals surface area (Å²) in [6.07, 6.45) is 1.00. The number of rotatable bonds is 1. The van der Waals surface area contributed by atoms with Crippen LogP contribution in [0.25, 0.3) is 0 Å². The highest BCUT2D eigenvalue weighted by Crippen LogP contribution is 2.25. The third-order valence-corrected chi connectivity index (χ3v) is 3.89. The van der Waals surface area contributed by atoms with Crippen LogP contribution >= 0.6 is 0 Å². The van der Waals surface area contributed by atoms with E-state index in [9.17, 15) is 9.59 Å². The van der Waals surface area contributed by atoms with E-state index in [0.29, 0.717) is 6.42 Å². The minimum absolute atomic E-state index is 0.188. The predicted molar refractivity (Wildman–Crippen MR) is 99.7 cm³/mol.